The van der Waals surface area contributed by atoms with Gasteiger partial charge in [-0.25, -0.2) is 0 Å². The summed E-state index contributed by atoms with van der Waals surface area (Å²) in [5, 5.41) is 5.18. The summed E-state index contributed by atoms with van der Waals surface area (Å²) >= 11 is 3.27. The third-order valence-electron chi connectivity index (χ3n) is 1.43. The molecule has 2 nitrogen and oxygen atoms in total. The van der Waals surface area contributed by atoms with Crippen LogP contribution in [0.15, 0.2) is 30.5 Å². The molecule has 0 fully saturated rings. The summed E-state index contributed by atoms with van der Waals surface area (Å²) in [4.78, 5) is 0. The zero-order valence-electron chi connectivity index (χ0n) is 5.16. The van der Waals surface area contributed by atoms with E-state index in [2.05, 4.69) is 21.2 Å². The first kappa shape index (κ1) is 5.92. The molecule has 0 aliphatic rings. The number of benzene rings is 1. The summed E-state index contributed by atoms with van der Waals surface area (Å²) in [5.41, 5.74) is 1.10. The molecule has 3 heteroatoms. The minimum atomic E-state index is 1.10. The number of fused-ring (bicyclic) bond motifs is 1. The Kier molecular flexibility index (Phi) is 1.24. The van der Waals surface area contributed by atoms with Gasteiger partial charge in [0.1, 0.15) is 0 Å². The summed E-state index contributed by atoms with van der Waals surface area (Å²) in [6, 6.07) is 8.02. The van der Waals surface area contributed by atoms with Crippen LogP contribution in [0.4, 0.5) is 0 Å². The molecule has 0 saturated heterocycles. The maximum atomic E-state index is 4.03. The van der Waals surface area contributed by atoms with Crippen molar-refractivity contribution in [2.75, 3.05) is 0 Å². The molecule has 0 bridgehead atoms. The molecule has 1 heterocycles. The van der Waals surface area contributed by atoms with Gasteiger partial charge in [0, 0.05) is 5.39 Å². The Morgan fingerprint density at radius 2 is 2.10 bits per heavy atom. The van der Waals surface area contributed by atoms with E-state index in [1.165, 1.54) is 0 Å². The summed E-state index contributed by atoms with van der Waals surface area (Å²) < 4.78 is 1.68. The minimum absolute atomic E-state index is 1.10. The predicted octanol–water partition coefficient (Wildman–Crippen LogP) is 2.19. The average Bonchev–Trinajstić information content (AvgIpc) is 2.34. The van der Waals surface area contributed by atoms with Gasteiger partial charge in [-0.3, -0.25) is 0 Å². The van der Waals surface area contributed by atoms with Gasteiger partial charge in [0.2, 0.25) is 0 Å². The number of rotatable bonds is 0. The van der Waals surface area contributed by atoms with Gasteiger partial charge in [-0.15, -0.1) is 0 Å². The molecular weight excluding hydrogens is 192 g/mol. The highest BCUT2D eigenvalue weighted by Crippen LogP contribution is 2.13. The van der Waals surface area contributed by atoms with E-state index in [-0.39, 0.29) is 0 Å². The standard InChI is InChI=1S/C7H5BrN2/c8-10-7-4-2-1-3-6(7)5-9-10/h1-5H. The highest BCUT2D eigenvalue weighted by molar-refractivity contribution is 9.08. The molecule has 1 aromatic carbocycles. The van der Waals surface area contributed by atoms with E-state index in [9.17, 15) is 0 Å². The fraction of sp³-hybridized carbons (Fsp3) is 0. The highest BCUT2D eigenvalue weighted by Gasteiger charge is 1.95. The normalized spacial score (nSPS) is 10.5. The third kappa shape index (κ3) is 0.743. The van der Waals surface area contributed by atoms with E-state index < -0.39 is 0 Å². The van der Waals surface area contributed by atoms with Crippen LogP contribution < -0.4 is 0 Å². The molecule has 10 heavy (non-hydrogen) atoms. The van der Waals surface area contributed by atoms with Crippen molar-refractivity contribution < 1.29 is 0 Å². The molecular formula is C7H5BrN2. The number of nitrogens with zero attached hydrogens (tertiary/aromatic N) is 2. The third-order valence-corrected chi connectivity index (χ3v) is 2.00. The first-order valence-electron chi connectivity index (χ1n) is 2.97. The van der Waals surface area contributed by atoms with Gasteiger partial charge in [-0.1, -0.05) is 18.2 Å². The Balaban J connectivity index is 2.93. The van der Waals surface area contributed by atoms with Crippen LogP contribution in [0.25, 0.3) is 10.9 Å². The van der Waals surface area contributed by atoms with Crippen molar-refractivity contribution in [3.05, 3.63) is 30.5 Å². The first-order valence-corrected chi connectivity index (χ1v) is 3.68. The quantitative estimate of drug-likeness (QED) is 0.632. The largest absolute Gasteiger partial charge is 0.197 e. The number of hydrogen-bond acceptors (Lipinski definition) is 1. The Morgan fingerprint density at radius 3 is 2.90 bits per heavy atom. The van der Waals surface area contributed by atoms with Crippen LogP contribution in [-0.2, 0) is 0 Å². The lowest BCUT2D eigenvalue weighted by Crippen LogP contribution is -1.77. The zero-order valence-corrected chi connectivity index (χ0v) is 6.75. The monoisotopic (exact) mass is 196 g/mol. The molecule has 2 aromatic rings. The Morgan fingerprint density at radius 1 is 1.30 bits per heavy atom. The van der Waals surface area contributed by atoms with Crippen LogP contribution in [-0.4, -0.2) is 8.81 Å². The predicted molar refractivity (Wildman–Crippen MR) is 44.1 cm³/mol. The number of halogens is 1. The lowest BCUT2D eigenvalue weighted by Gasteiger charge is -1.87. The second-order valence-electron chi connectivity index (χ2n) is 2.06. The zero-order chi connectivity index (χ0) is 6.97. The number of para-hydroxylation sites is 1. The van der Waals surface area contributed by atoms with Crippen molar-refractivity contribution in [1.29, 1.82) is 0 Å². The summed E-state index contributed by atoms with van der Waals surface area (Å²) in [6.45, 7) is 0. The molecule has 2 rings (SSSR count). The van der Waals surface area contributed by atoms with Crippen molar-refractivity contribution in [1.82, 2.24) is 8.81 Å². The smallest absolute Gasteiger partial charge is 0.0813 e. The Hall–Kier alpha value is -0.830. The van der Waals surface area contributed by atoms with E-state index in [4.69, 9.17) is 0 Å². The lowest BCUT2D eigenvalue weighted by molar-refractivity contribution is 1.06. The minimum Gasteiger partial charge on any atom is -0.197 e. The van der Waals surface area contributed by atoms with Crippen molar-refractivity contribution in [3.63, 3.8) is 0 Å². The van der Waals surface area contributed by atoms with E-state index >= 15 is 0 Å². The molecule has 50 valence electrons. The van der Waals surface area contributed by atoms with Crippen LogP contribution in [0.1, 0.15) is 0 Å². The van der Waals surface area contributed by atoms with Crippen molar-refractivity contribution in [3.8, 4) is 0 Å². The Labute approximate surface area is 66.8 Å². The molecule has 0 radical (unpaired) electrons. The lowest BCUT2D eigenvalue weighted by atomic mass is 10.3. The second-order valence-corrected chi connectivity index (χ2v) is 2.74. The highest BCUT2D eigenvalue weighted by atomic mass is 79.9. The topological polar surface area (TPSA) is 17.8 Å². The molecule has 0 N–H and O–H groups in total. The number of aromatic nitrogens is 2. The molecule has 0 unspecified atom stereocenters. The fourth-order valence-corrected chi connectivity index (χ4v) is 1.35. The van der Waals surface area contributed by atoms with Gasteiger partial charge in [-0.2, -0.15) is 8.81 Å². The van der Waals surface area contributed by atoms with E-state index in [0.29, 0.717) is 0 Å². The van der Waals surface area contributed by atoms with Gasteiger partial charge < -0.3 is 0 Å². The first-order chi connectivity index (χ1) is 4.88. The molecule has 0 aliphatic heterocycles. The molecule has 0 aliphatic carbocycles. The van der Waals surface area contributed by atoms with Gasteiger partial charge in [0.15, 0.2) is 0 Å². The summed E-state index contributed by atoms with van der Waals surface area (Å²) in [7, 11) is 0. The van der Waals surface area contributed by atoms with E-state index in [0.717, 1.165) is 10.9 Å². The second kappa shape index (κ2) is 2.09. The SMILES string of the molecule is Brn1ncc2ccccc21. The fourth-order valence-electron chi connectivity index (χ4n) is 0.940. The van der Waals surface area contributed by atoms with Gasteiger partial charge in [0.05, 0.1) is 27.9 Å². The van der Waals surface area contributed by atoms with Crippen molar-refractivity contribution in [2.24, 2.45) is 0 Å². The van der Waals surface area contributed by atoms with Crippen LogP contribution in [0.3, 0.4) is 0 Å². The summed E-state index contributed by atoms with van der Waals surface area (Å²) in [6.07, 6.45) is 1.82. The average molecular weight is 197 g/mol. The van der Waals surface area contributed by atoms with Gasteiger partial charge >= 0.3 is 0 Å². The van der Waals surface area contributed by atoms with Gasteiger partial charge in [0.25, 0.3) is 0 Å². The van der Waals surface area contributed by atoms with Crippen LogP contribution >= 0.6 is 16.1 Å². The molecule has 1 aromatic heterocycles. The van der Waals surface area contributed by atoms with Crippen molar-refractivity contribution in [2.45, 2.75) is 0 Å². The number of hydrogen-bond donors (Lipinski definition) is 0. The van der Waals surface area contributed by atoms with Gasteiger partial charge in [-0.05, 0) is 6.07 Å². The molecule has 0 saturated carbocycles. The summed E-state index contributed by atoms with van der Waals surface area (Å²) in [5.74, 6) is 0. The van der Waals surface area contributed by atoms with E-state index in [1.807, 2.05) is 30.5 Å². The van der Waals surface area contributed by atoms with Crippen LogP contribution in [0.5, 0.6) is 0 Å². The maximum Gasteiger partial charge on any atom is 0.0813 e. The Bertz CT molecular complexity index is 353. The molecule has 0 spiro atoms. The van der Waals surface area contributed by atoms with Crippen molar-refractivity contribution >= 4 is 27.1 Å². The molecule has 0 amide bonds. The van der Waals surface area contributed by atoms with E-state index in [1.54, 1.807) is 3.71 Å². The molecule has 0 atom stereocenters. The van der Waals surface area contributed by atoms with Crippen LogP contribution in [0.2, 0.25) is 0 Å². The van der Waals surface area contributed by atoms with Crippen LogP contribution in [0, 0.1) is 0 Å². The maximum absolute atomic E-state index is 4.03.